The molecule has 0 saturated heterocycles. The van der Waals surface area contributed by atoms with Crippen molar-refractivity contribution in [2.75, 3.05) is 21.3 Å². The van der Waals surface area contributed by atoms with E-state index in [1.54, 1.807) is 30.3 Å². The highest BCUT2D eigenvalue weighted by Crippen LogP contribution is 2.39. The Bertz CT molecular complexity index is 1840. The zero-order chi connectivity index (χ0) is 30.5. The van der Waals surface area contributed by atoms with Crippen molar-refractivity contribution in [2.45, 2.75) is 0 Å². The summed E-state index contributed by atoms with van der Waals surface area (Å²) in [4.78, 5) is 29.7. The number of amides is 1. The molecule has 1 aromatic heterocycles. The van der Waals surface area contributed by atoms with Crippen LogP contribution in [-0.2, 0) is 0 Å². The molecule has 2 N–H and O–H groups in total. The molecule has 0 saturated carbocycles. The van der Waals surface area contributed by atoms with Gasteiger partial charge in [-0.1, -0.05) is 54.1 Å². The van der Waals surface area contributed by atoms with E-state index in [0.29, 0.717) is 39.1 Å². The van der Waals surface area contributed by atoms with Gasteiger partial charge in [-0.15, -0.1) is 0 Å². The molecule has 0 unspecified atom stereocenters. The normalized spacial score (nSPS) is 11.0. The largest absolute Gasteiger partial charge is 0.493 e. The van der Waals surface area contributed by atoms with Gasteiger partial charge in [-0.3, -0.25) is 4.79 Å². The molecule has 0 bridgehead atoms. The van der Waals surface area contributed by atoms with Gasteiger partial charge in [-0.2, -0.15) is 5.10 Å². The molecule has 4 aromatic carbocycles. The predicted octanol–water partition coefficient (Wildman–Crippen LogP) is 7.10. The van der Waals surface area contributed by atoms with Crippen LogP contribution < -0.4 is 24.4 Å². The zero-order valence-electron chi connectivity index (χ0n) is 23.2. The molecule has 0 aliphatic rings. The quantitative estimate of drug-likeness (QED) is 0.0556. The Morgan fingerprint density at radius 3 is 2.28 bits per heavy atom. The molecule has 9 nitrogen and oxygen atoms in total. The number of ether oxygens (including phenoxy) is 4. The summed E-state index contributed by atoms with van der Waals surface area (Å²) < 4.78 is 22.6. The molecule has 218 valence electrons. The number of hydrazone groups is 1. The van der Waals surface area contributed by atoms with Crippen LogP contribution in [0.2, 0.25) is 5.02 Å². The van der Waals surface area contributed by atoms with Gasteiger partial charge in [0, 0.05) is 30.7 Å². The van der Waals surface area contributed by atoms with E-state index in [-0.39, 0.29) is 11.3 Å². The fourth-order valence-corrected chi connectivity index (χ4v) is 5.41. The van der Waals surface area contributed by atoms with Gasteiger partial charge < -0.3 is 23.9 Å². The number of esters is 1. The van der Waals surface area contributed by atoms with E-state index in [2.05, 4.69) is 38.1 Å². The number of carbonyl (C=O) groups is 2. The number of benzene rings is 4. The first-order chi connectivity index (χ1) is 20.9. The molecule has 1 amide bonds. The van der Waals surface area contributed by atoms with E-state index in [1.165, 1.54) is 39.7 Å². The van der Waals surface area contributed by atoms with Crippen LogP contribution >= 0.6 is 34.2 Å². The number of aromatic amines is 1. The minimum Gasteiger partial charge on any atom is -0.493 e. The predicted molar refractivity (Wildman–Crippen MR) is 174 cm³/mol. The van der Waals surface area contributed by atoms with Crippen molar-refractivity contribution in [3.63, 3.8) is 0 Å². The third-order valence-electron chi connectivity index (χ3n) is 6.55. The Kier molecular flexibility index (Phi) is 9.17. The highest BCUT2D eigenvalue weighted by Gasteiger charge is 2.22. The first kappa shape index (κ1) is 29.9. The number of fused-ring (bicyclic) bond motifs is 1. The van der Waals surface area contributed by atoms with Crippen LogP contribution in [0.15, 0.2) is 84.0 Å². The van der Waals surface area contributed by atoms with Crippen LogP contribution in [0.4, 0.5) is 0 Å². The van der Waals surface area contributed by atoms with Gasteiger partial charge in [-0.05, 0) is 59.0 Å². The van der Waals surface area contributed by atoms with Crippen molar-refractivity contribution in [2.24, 2.45) is 5.10 Å². The maximum absolute atomic E-state index is 13.4. The number of hydrogen-bond donors (Lipinski definition) is 2. The lowest BCUT2D eigenvalue weighted by Gasteiger charge is -2.14. The van der Waals surface area contributed by atoms with Crippen molar-refractivity contribution >= 4 is 63.2 Å². The number of methoxy groups -OCH3 is 3. The summed E-state index contributed by atoms with van der Waals surface area (Å²) in [5, 5.41) is 5.53. The molecule has 0 aliphatic carbocycles. The van der Waals surface area contributed by atoms with Crippen LogP contribution in [0.3, 0.4) is 0 Å². The molecule has 0 aliphatic heterocycles. The van der Waals surface area contributed by atoms with E-state index in [0.717, 1.165) is 20.0 Å². The number of para-hydroxylation sites is 2. The Morgan fingerprint density at radius 2 is 1.58 bits per heavy atom. The van der Waals surface area contributed by atoms with Gasteiger partial charge >= 0.3 is 5.97 Å². The molecule has 11 heteroatoms. The van der Waals surface area contributed by atoms with Gasteiger partial charge in [0.15, 0.2) is 11.5 Å². The average molecular weight is 710 g/mol. The molecule has 0 spiro atoms. The van der Waals surface area contributed by atoms with Gasteiger partial charge in [0.05, 0.1) is 38.6 Å². The first-order valence-electron chi connectivity index (χ1n) is 12.9. The van der Waals surface area contributed by atoms with Crippen molar-refractivity contribution < 1.29 is 28.5 Å². The maximum atomic E-state index is 13.4. The monoisotopic (exact) mass is 709 g/mol. The molecule has 0 fully saturated rings. The van der Waals surface area contributed by atoms with E-state index < -0.39 is 11.9 Å². The van der Waals surface area contributed by atoms with Crippen LogP contribution in [0.1, 0.15) is 26.4 Å². The van der Waals surface area contributed by atoms with Gasteiger partial charge in [-0.25, -0.2) is 10.2 Å². The average Bonchev–Trinajstić information content (AvgIpc) is 3.42. The number of carbonyl (C=O) groups excluding carboxylic acids is 2. The smallest absolute Gasteiger partial charge is 0.343 e. The summed E-state index contributed by atoms with van der Waals surface area (Å²) in [5.74, 6) is 0.0954. The fraction of sp³-hybridized carbons (Fsp3) is 0.0938. The fourth-order valence-electron chi connectivity index (χ4n) is 4.55. The second-order valence-electron chi connectivity index (χ2n) is 9.06. The van der Waals surface area contributed by atoms with Gasteiger partial charge in [0.25, 0.3) is 5.91 Å². The lowest BCUT2D eigenvalue weighted by molar-refractivity contribution is 0.0733. The van der Waals surface area contributed by atoms with Crippen molar-refractivity contribution in [1.29, 1.82) is 0 Å². The highest BCUT2D eigenvalue weighted by atomic mass is 127. The summed E-state index contributed by atoms with van der Waals surface area (Å²) in [6.45, 7) is 0. The number of nitrogens with one attached hydrogen (secondary N) is 2. The van der Waals surface area contributed by atoms with Crippen LogP contribution in [0.5, 0.6) is 23.0 Å². The second-order valence-corrected chi connectivity index (χ2v) is 10.6. The molecule has 5 aromatic rings. The third kappa shape index (κ3) is 6.15. The van der Waals surface area contributed by atoms with Gasteiger partial charge in [0.2, 0.25) is 5.75 Å². The Hall–Kier alpha value is -4.55. The van der Waals surface area contributed by atoms with Crippen LogP contribution in [-0.4, -0.2) is 44.4 Å². The minimum atomic E-state index is -0.652. The SMILES string of the molecule is COc1cc(C(=O)Oc2ccccc2C=NNC(=O)c2[nH]c3c(I)cccc3c2-c2ccccc2Cl)cc(OC)c1OC. The highest BCUT2D eigenvalue weighted by molar-refractivity contribution is 14.1. The van der Waals surface area contributed by atoms with E-state index in [9.17, 15) is 9.59 Å². The zero-order valence-corrected chi connectivity index (χ0v) is 26.1. The Balaban J connectivity index is 1.40. The summed E-state index contributed by atoms with van der Waals surface area (Å²) in [7, 11) is 4.39. The summed E-state index contributed by atoms with van der Waals surface area (Å²) in [6.07, 6.45) is 1.40. The number of rotatable bonds is 9. The van der Waals surface area contributed by atoms with Crippen molar-refractivity contribution in [3.8, 4) is 34.1 Å². The Morgan fingerprint density at radius 1 is 0.884 bits per heavy atom. The molecular formula is C32H25ClIN3O6. The molecule has 1 heterocycles. The van der Waals surface area contributed by atoms with Crippen LogP contribution in [0, 0.1) is 3.57 Å². The number of aromatic nitrogens is 1. The molecule has 43 heavy (non-hydrogen) atoms. The standard InChI is InChI=1S/C32H25ClIN3O6/c1-40-25-15-19(16-26(41-2)30(25)42-3)32(39)43-24-14-7-4-9-18(24)17-35-37-31(38)29-27(20-10-5-6-12-22(20)33)21-11-8-13-23(34)28(21)36-29/h4-17,36H,1-3H3,(H,37,38). The van der Waals surface area contributed by atoms with E-state index in [1.807, 2.05) is 36.4 Å². The number of nitrogens with zero attached hydrogens (tertiary/aromatic N) is 1. The third-order valence-corrected chi connectivity index (χ3v) is 7.77. The van der Waals surface area contributed by atoms with E-state index in [4.69, 9.17) is 30.5 Å². The lowest BCUT2D eigenvalue weighted by Crippen LogP contribution is -2.19. The minimum absolute atomic E-state index is 0.190. The molecule has 0 atom stereocenters. The second kappa shape index (κ2) is 13.2. The molecule has 5 rings (SSSR count). The number of H-pyrrole nitrogens is 1. The van der Waals surface area contributed by atoms with Crippen molar-refractivity contribution in [3.05, 3.63) is 104 Å². The molecular weight excluding hydrogens is 685 g/mol. The summed E-state index contributed by atoms with van der Waals surface area (Å²) >= 11 is 8.75. The van der Waals surface area contributed by atoms with Gasteiger partial charge in [0.1, 0.15) is 11.4 Å². The first-order valence-corrected chi connectivity index (χ1v) is 14.3. The Labute approximate surface area is 265 Å². The van der Waals surface area contributed by atoms with E-state index >= 15 is 0 Å². The number of hydrogen-bond acceptors (Lipinski definition) is 7. The lowest BCUT2D eigenvalue weighted by atomic mass is 10.0. The summed E-state index contributed by atoms with van der Waals surface area (Å²) in [5.41, 5.74) is 5.75. The van der Waals surface area contributed by atoms with Crippen LogP contribution in [0.25, 0.3) is 22.0 Å². The topological polar surface area (TPSA) is 111 Å². The molecule has 0 radical (unpaired) electrons. The summed E-state index contributed by atoms with van der Waals surface area (Å²) in [6, 6.07) is 22.9. The maximum Gasteiger partial charge on any atom is 0.343 e. The van der Waals surface area contributed by atoms with Crippen molar-refractivity contribution in [1.82, 2.24) is 10.4 Å². The number of halogens is 2.